The van der Waals surface area contributed by atoms with E-state index in [4.69, 9.17) is 5.73 Å². The minimum atomic E-state index is 0.542. The lowest BCUT2D eigenvalue weighted by Crippen LogP contribution is -2.09. The summed E-state index contributed by atoms with van der Waals surface area (Å²) in [6.45, 7) is 0. The molecule has 0 spiro atoms. The summed E-state index contributed by atoms with van der Waals surface area (Å²) in [7, 11) is 0. The van der Waals surface area contributed by atoms with E-state index in [1.54, 1.807) is 11.3 Å². The maximum absolute atomic E-state index is 5.94. The molecular formula is C15H14N4S. The second-order valence-corrected chi connectivity index (χ2v) is 6.11. The molecule has 0 atom stereocenters. The summed E-state index contributed by atoms with van der Waals surface area (Å²) in [4.78, 5) is 15.0. The van der Waals surface area contributed by atoms with Crippen LogP contribution >= 0.6 is 11.3 Å². The predicted octanol–water partition coefficient (Wildman–Crippen LogP) is 2.82. The number of nitrogens with zero attached hydrogens (tertiary/aromatic N) is 3. The van der Waals surface area contributed by atoms with Crippen molar-refractivity contribution in [2.24, 2.45) is 15.7 Å². The van der Waals surface area contributed by atoms with Crippen LogP contribution < -0.4 is 5.73 Å². The van der Waals surface area contributed by atoms with Crippen LogP contribution in [0.15, 0.2) is 34.3 Å². The number of nitrogens with two attached hydrogens (primary N) is 1. The van der Waals surface area contributed by atoms with Crippen LogP contribution in [-0.4, -0.2) is 16.7 Å². The maximum atomic E-state index is 5.94. The molecule has 1 aromatic carbocycles. The average Bonchev–Trinajstić information content (AvgIpc) is 3.01. The van der Waals surface area contributed by atoms with Crippen LogP contribution in [-0.2, 0) is 12.8 Å². The van der Waals surface area contributed by atoms with Crippen molar-refractivity contribution in [2.75, 3.05) is 0 Å². The Labute approximate surface area is 121 Å². The highest BCUT2D eigenvalue weighted by atomic mass is 32.1. The van der Waals surface area contributed by atoms with Gasteiger partial charge in [-0.25, -0.2) is 9.98 Å². The van der Waals surface area contributed by atoms with E-state index in [1.807, 2.05) is 24.3 Å². The number of fused-ring (bicyclic) bond motifs is 2. The molecule has 2 aliphatic rings. The molecule has 0 unspecified atom stereocenters. The van der Waals surface area contributed by atoms with Gasteiger partial charge in [0.15, 0.2) is 5.84 Å². The summed E-state index contributed by atoms with van der Waals surface area (Å²) < 4.78 is 0. The van der Waals surface area contributed by atoms with E-state index >= 15 is 0 Å². The third-order valence-electron chi connectivity index (χ3n) is 3.71. The second-order valence-electron chi connectivity index (χ2n) is 5.05. The van der Waals surface area contributed by atoms with Crippen LogP contribution in [0.1, 0.15) is 34.5 Å². The monoisotopic (exact) mass is 282 g/mol. The number of rotatable bonds is 1. The van der Waals surface area contributed by atoms with E-state index in [-0.39, 0.29) is 0 Å². The molecule has 2 heterocycles. The van der Waals surface area contributed by atoms with Gasteiger partial charge in [-0.15, -0.1) is 0 Å². The van der Waals surface area contributed by atoms with Crippen LogP contribution in [0.2, 0.25) is 0 Å². The highest BCUT2D eigenvalue weighted by Crippen LogP contribution is 2.32. The van der Waals surface area contributed by atoms with Crippen molar-refractivity contribution >= 4 is 28.1 Å². The van der Waals surface area contributed by atoms with Crippen LogP contribution in [0.4, 0.5) is 5.13 Å². The SMILES string of the molecule is NC1=N/C(=N\c2nc3c(s2)CCCC3)c2ccccc21. The average molecular weight is 282 g/mol. The van der Waals surface area contributed by atoms with Crippen LogP contribution in [0, 0.1) is 0 Å². The number of aliphatic imine (C=N–C) groups is 2. The molecule has 100 valence electrons. The third-order valence-corrected chi connectivity index (χ3v) is 4.76. The van der Waals surface area contributed by atoms with Crippen molar-refractivity contribution < 1.29 is 0 Å². The van der Waals surface area contributed by atoms with E-state index < -0.39 is 0 Å². The summed E-state index contributed by atoms with van der Waals surface area (Å²) in [5.41, 5.74) is 9.13. The number of thiazole rings is 1. The fourth-order valence-electron chi connectivity index (χ4n) is 2.70. The molecule has 5 heteroatoms. The zero-order chi connectivity index (χ0) is 13.5. The van der Waals surface area contributed by atoms with Gasteiger partial charge >= 0.3 is 0 Å². The number of amidine groups is 2. The van der Waals surface area contributed by atoms with Gasteiger partial charge in [-0.3, -0.25) is 0 Å². The van der Waals surface area contributed by atoms with Crippen molar-refractivity contribution in [1.29, 1.82) is 0 Å². The predicted molar refractivity (Wildman–Crippen MR) is 82.1 cm³/mol. The first-order valence-corrected chi connectivity index (χ1v) is 7.64. The molecular weight excluding hydrogens is 268 g/mol. The lowest BCUT2D eigenvalue weighted by molar-refractivity contribution is 0.682. The molecule has 2 aromatic rings. The van der Waals surface area contributed by atoms with Gasteiger partial charge in [0.25, 0.3) is 0 Å². The molecule has 4 nitrogen and oxygen atoms in total. The normalized spacial score (nSPS) is 18.8. The van der Waals surface area contributed by atoms with Crippen LogP contribution in [0.25, 0.3) is 0 Å². The largest absolute Gasteiger partial charge is 0.383 e. The summed E-state index contributed by atoms with van der Waals surface area (Å²) in [5.74, 6) is 1.23. The Morgan fingerprint density at radius 3 is 2.75 bits per heavy atom. The van der Waals surface area contributed by atoms with Gasteiger partial charge < -0.3 is 5.73 Å². The highest BCUT2D eigenvalue weighted by Gasteiger charge is 2.20. The van der Waals surface area contributed by atoms with Gasteiger partial charge in [0, 0.05) is 16.0 Å². The Morgan fingerprint density at radius 1 is 1.10 bits per heavy atom. The lowest BCUT2D eigenvalue weighted by atomic mass is 10.0. The Balaban J connectivity index is 1.76. The third kappa shape index (κ3) is 1.86. The molecule has 1 aliphatic carbocycles. The number of aryl methyl sites for hydroxylation is 2. The van der Waals surface area contributed by atoms with Crippen molar-refractivity contribution in [3.05, 3.63) is 46.0 Å². The Kier molecular flexibility index (Phi) is 2.67. The minimum Gasteiger partial charge on any atom is -0.383 e. The molecule has 20 heavy (non-hydrogen) atoms. The van der Waals surface area contributed by atoms with Gasteiger partial charge in [0.05, 0.1) is 5.69 Å². The minimum absolute atomic E-state index is 0.542. The molecule has 4 rings (SSSR count). The standard InChI is InChI=1S/C15H14N4S/c16-13-9-5-1-2-6-10(9)14(18-13)19-15-17-11-7-3-4-8-12(11)20-15/h1-2,5-6H,3-4,7-8H2,(H2,16,17,18,19). The summed E-state index contributed by atoms with van der Waals surface area (Å²) >= 11 is 1.69. The van der Waals surface area contributed by atoms with Crippen molar-refractivity contribution in [3.63, 3.8) is 0 Å². The molecule has 2 N–H and O–H groups in total. The molecule has 0 saturated heterocycles. The summed E-state index contributed by atoms with van der Waals surface area (Å²) in [5, 5.41) is 0.806. The number of benzene rings is 1. The Bertz CT molecular complexity index is 719. The first kappa shape index (κ1) is 11.8. The zero-order valence-corrected chi connectivity index (χ0v) is 11.8. The van der Waals surface area contributed by atoms with Crippen LogP contribution in [0.3, 0.4) is 0 Å². The fourth-order valence-corrected chi connectivity index (χ4v) is 3.72. The number of hydrogen-bond acceptors (Lipinski definition) is 4. The van der Waals surface area contributed by atoms with E-state index in [0.29, 0.717) is 11.7 Å². The van der Waals surface area contributed by atoms with E-state index in [2.05, 4.69) is 15.0 Å². The Morgan fingerprint density at radius 2 is 1.90 bits per heavy atom. The van der Waals surface area contributed by atoms with Gasteiger partial charge in [0.1, 0.15) is 5.84 Å². The van der Waals surface area contributed by atoms with Gasteiger partial charge in [-0.05, 0) is 25.7 Å². The molecule has 0 amide bonds. The fraction of sp³-hybridized carbons (Fsp3) is 0.267. The van der Waals surface area contributed by atoms with E-state index in [1.165, 1.54) is 23.4 Å². The Hall–Kier alpha value is -2.01. The second kappa shape index (κ2) is 4.52. The van der Waals surface area contributed by atoms with Gasteiger partial charge in [-0.2, -0.15) is 4.99 Å². The highest BCUT2D eigenvalue weighted by molar-refractivity contribution is 7.15. The van der Waals surface area contributed by atoms with Crippen molar-refractivity contribution in [1.82, 2.24) is 4.98 Å². The van der Waals surface area contributed by atoms with Gasteiger partial charge in [0.2, 0.25) is 5.13 Å². The van der Waals surface area contributed by atoms with E-state index in [0.717, 1.165) is 29.1 Å². The maximum Gasteiger partial charge on any atom is 0.211 e. The smallest absolute Gasteiger partial charge is 0.211 e. The van der Waals surface area contributed by atoms with E-state index in [9.17, 15) is 0 Å². The molecule has 0 fully saturated rings. The molecule has 1 aromatic heterocycles. The number of aromatic nitrogens is 1. The van der Waals surface area contributed by atoms with Gasteiger partial charge in [-0.1, -0.05) is 35.6 Å². The summed E-state index contributed by atoms with van der Waals surface area (Å²) in [6.07, 6.45) is 4.72. The molecule has 0 bridgehead atoms. The molecule has 1 aliphatic heterocycles. The summed E-state index contributed by atoms with van der Waals surface area (Å²) in [6, 6.07) is 7.93. The molecule has 0 saturated carbocycles. The number of hydrogen-bond donors (Lipinski definition) is 1. The first-order chi connectivity index (χ1) is 9.81. The lowest BCUT2D eigenvalue weighted by Gasteiger charge is -2.06. The zero-order valence-electron chi connectivity index (χ0n) is 11.0. The van der Waals surface area contributed by atoms with Crippen molar-refractivity contribution in [2.45, 2.75) is 25.7 Å². The molecule has 0 radical (unpaired) electrons. The first-order valence-electron chi connectivity index (χ1n) is 6.82. The quantitative estimate of drug-likeness (QED) is 0.874. The topological polar surface area (TPSA) is 63.6 Å². The van der Waals surface area contributed by atoms with Crippen molar-refractivity contribution in [3.8, 4) is 0 Å². The van der Waals surface area contributed by atoms with Crippen LogP contribution in [0.5, 0.6) is 0 Å².